The maximum Gasteiger partial charge on any atom is 0.223 e. The Bertz CT molecular complexity index is 272. The van der Waals surface area contributed by atoms with Crippen molar-refractivity contribution >= 4 is 12.4 Å². The number of hydrogen-bond acceptors (Lipinski definition) is 4. The van der Waals surface area contributed by atoms with Crippen molar-refractivity contribution in [1.29, 1.82) is 0 Å². The van der Waals surface area contributed by atoms with Gasteiger partial charge in [0, 0.05) is 19.4 Å². The van der Waals surface area contributed by atoms with Crippen LogP contribution in [0.15, 0.2) is 4.52 Å². The molecule has 0 radical (unpaired) electrons. The number of aryl methyl sites for hydroxylation is 1. The second kappa shape index (κ2) is 4.07. The lowest BCUT2D eigenvalue weighted by Crippen LogP contribution is -2.15. The number of hydrogen-bond donors (Lipinski definition) is 1. The molecular weight excluding hydrogens is 190 g/mol. The van der Waals surface area contributed by atoms with E-state index in [1.165, 1.54) is 12.8 Å². The van der Waals surface area contributed by atoms with E-state index in [9.17, 15) is 0 Å². The van der Waals surface area contributed by atoms with Crippen LogP contribution in [0.4, 0.5) is 0 Å². The topological polar surface area (TPSA) is 64.9 Å². The summed E-state index contributed by atoms with van der Waals surface area (Å²) in [5, 5.41) is 3.88. The Morgan fingerprint density at radius 3 is 2.69 bits per heavy atom. The molecule has 74 valence electrons. The molecule has 5 heteroatoms. The number of rotatable bonds is 3. The first-order valence-corrected chi connectivity index (χ1v) is 4.31. The molecule has 1 saturated carbocycles. The molecule has 1 aromatic rings. The fraction of sp³-hybridized carbons (Fsp3) is 0.750. The Hall–Kier alpha value is -0.610. The third-order valence-electron chi connectivity index (χ3n) is 2.32. The first-order valence-electron chi connectivity index (χ1n) is 4.31. The molecule has 0 spiro atoms. The van der Waals surface area contributed by atoms with E-state index in [0.29, 0.717) is 24.3 Å². The first kappa shape index (κ1) is 10.5. The lowest BCUT2D eigenvalue weighted by molar-refractivity contribution is 0.380. The van der Waals surface area contributed by atoms with Crippen LogP contribution in [0.5, 0.6) is 0 Å². The van der Waals surface area contributed by atoms with E-state index < -0.39 is 0 Å². The predicted octanol–water partition coefficient (Wildman–Crippen LogP) is 1.25. The minimum absolute atomic E-state index is 0. The molecule has 1 aliphatic carbocycles. The molecule has 13 heavy (non-hydrogen) atoms. The molecule has 0 bridgehead atoms. The molecule has 1 fully saturated rings. The van der Waals surface area contributed by atoms with Crippen LogP contribution in [-0.4, -0.2) is 16.7 Å². The molecular formula is C8H14ClN3O. The van der Waals surface area contributed by atoms with E-state index in [0.717, 1.165) is 5.82 Å². The van der Waals surface area contributed by atoms with Gasteiger partial charge in [-0.2, -0.15) is 4.98 Å². The molecule has 0 aliphatic heterocycles. The van der Waals surface area contributed by atoms with E-state index in [4.69, 9.17) is 10.3 Å². The van der Waals surface area contributed by atoms with Gasteiger partial charge in [0.1, 0.15) is 0 Å². The predicted molar refractivity (Wildman–Crippen MR) is 50.8 cm³/mol. The van der Waals surface area contributed by atoms with Gasteiger partial charge in [-0.1, -0.05) is 5.16 Å². The smallest absolute Gasteiger partial charge is 0.223 e. The molecule has 4 nitrogen and oxygen atoms in total. The van der Waals surface area contributed by atoms with Crippen molar-refractivity contribution < 1.29 is 4.52 Å². The van der Waals surface area contributed by atoms with E-state index in [1.807, 2.05) is 0 Å². The average Bonchev–Trinajstić information content (AvgIpc) is 2.78. The summed E-state index contributed by atoms with van der Waals surface area (Å²) in [6.45, 7) is 2.43. The second-order valence-electron chi connectivity index (χ2n) is 3.35. The second-order valence-corrected chi connectivity index (χ2v) is 3.35. The van der Waals surface area contributed by atoms with Gasteiger partial charge in [0.05, 0.1) is 0 Å². The lowest BCUT2D eigenvalue weighted by atomic mass is 10.0. The molecule has 1 aromatic heterocycles. The molecule has 2 rings (SSSR count). The van der Waals surface area contributed by atoms with Gasteiger partial charge < -0.3 is 10.3 Å². The van der Waals surface area contributed by atoms with Crippen molar-refractivity contribution in [3.05, 3.63) is 11.7 Å². The summed E-state index contributed by atoms with van der Waals surface area (Å²) in [7, 11) is 0. The number of nitrogens with zero attached hydrogens (tertiary/aromatic N) is 2. The zero-order valence-electron chi connectivity index (χ0n) is 7.56. The minimum atomic E-state index is 0. The van der Waals surface area contributed by atoms with Crippen molar-refractivity contribution in [1.82, 2.24) is 10.1 Å². The normalized spacial score (nSPS) is 18.0. The summed E-state index contributed by atoms with van der Waals surface area (Å²) in [5.41, 5.74) is 5.63. The zero-order chi connectivity index (χ0) is 8.55. The molecule has 1 heterocycles. The summed E-state index contributed by atoms with van der Waals surface area (Å²) < 4.78 is 4.91. The van der Waals surface area contributed by atoms with Gasteiger partial charge in [-0.3, -0.25) is 0 Å². The van der Waals surface area contributed by atoms with Gasteiger partial charge >= 0.3 is 0 Å². The van der Waals surface area contributed by atoms with Crippen LogP contribution in [0.2, 0.25) is 0 Å². The summed E-state index contributed by atoms with van der Waals surface area (Å²) in [5.74, 6) is 2.44. The number of nitrogens with two attached hydrogens (primary N) is 1. The standard InChI is InChI=1S/C8H13N3O.ClH/c1-5-10-8(11-12-5)7(4-9)6-2-3-6;/h6-7H,2-4,9H2,1H3;1H. The molecule has 2 N–H and O–H groups in total. The highest BCUT2D eigenvalue weighted by Crippen LogP contribution is 2.40. The van der Waals surface area contributed by atoms with E-state index in [2.05, 4.69) is 10.1 Å². The minimum Gasteiger partial charge on any atom is -0.340 e. The first-order chi connectivity index (χ1) is 5.81. The average molecular weight is 204 g/mol. The monoisotopic (exact) mass is 203 g/mol. The Morgan fingerprint density at radius 1 is 1.62 bits per heavy atom. The fourth-order valence-electron chi connectivity index (χ4n) is 1.47. The Balaban J connectivity index is 0.000000845. The van der Waals surface area contributed by atoms with Crippen LogP contribution in [0.3, 0.4) is 0 Å². The molecule has 0 aromatic carbocycles. The van der Waals surface area contributed by atoms with Crippen LogP contribution in [0.1, 0.15) is 30.5 Å². The van der Waals surface area contributed by atoms with E-state index >= 15 is 0 Å². The van der Waals surface area contributed by atoms with Crippen molar-refractivity contribution in [3.63, 3.8) is 0 Å². The maximum absolute atomic E-state index is 5.63. The molecule has 0 amide bonds. The van der Waals surface area contributed by atoms with Crippen LogP contribution >= 0.6 is 12.4 Å². The van der Waals surface area contributed by atoms with Crippen molar-refractivity contribution in [2.45, 2.75) is 25.7 Å². The highest BCUT2D eigenvalue weighted by atomic mass is 35.5. The Labute approximate surface area is 83.3 Å². The summed E-state index contributed by atoms with van der Waals surface area (Å²) in [6, 6.07) is 0. The van der Waals surface area contributed by atoms with Gasteiger partial charge in [0.25, 0.3) is 0 Å². The van der Waals surface area contributed by atoms with Gasteiger partial charge in [0.2, 0.25) is 5.89 Å². The quantitative estimate of drug-likeness (QED) is 0.803. The van der Waals surface area contributed by atoms with E-state index in [1.54, 1.807) is 6.92 Å². The molecule has 1 aliphatic rings. The van der Waals surface area contributed by atoms with Gasteiger partial charge in [-0.15, -0.1) is 12.4 Å². The summed E-state index contributed by atoms with van der Waals surface area (Å²) in [6.07, 6.45) is 2.52. The lowest BCUT2D eigenvalue weighted by Gasteiger charge is -2.06. The van der Waals surface area contributed by atoms with Crippen LogP contribution in [0.25, 0.3) is 0 Å². The SMILES string of the molecule is Cc1nc(C(CN)C2CC2)no1.Cl. The number of halogens is 1. The fourth-order valence-corrected chi connectivity index (χ4v) is 1.47. The van der Waals surface area contributed by atoms with Crippen molar-refractivity contribution in [2.75, 3.05) is 6.54 Å². The molecule has 1 atom stereocenters. The molecule has 0 saturated heterocycles. The van der Waals surface area contributed by atoms with Gasteiger partial charge in [-0.05, 0) is 18.8 Å². The zero-order valence-corrected chi connectivity index (χ0v) is 8.38. The molecule has 1 unspecified atom stereocenters. The third kappa shape index (κ3) is 2.19. The Kier molecular flexibility index (Phi) is 3.27. The van der Waals surface area contributed by atoms with Gasteiger partial charge in [-0.25, -0.2) is 0 Å². The highest BCUT2D eigenvalue weighted by Gasteiger charge is 2.34. The highest BCUT2D eigenvalue weighted by molar-refractivity contribution is 5.85. The Morgan fingerprint density at radius 2 is 2.31 bits per heavy atom. The maximum atomic E-state index is 5.63. The van der Waals surface area contributed by atoms with Crippen LogP contribution in [0, 0.1) is 12.8 Å². The van der Waals surface area contributed by atoms with Crippen molar-refractivity contribution in [3.8, 4) is 0 Å². The third-order valence-corrected chi connectivity index (χ3v) is 2.32. The van der Waals surface area contributed by atoms with Crippen molar-refractivity contribution in [2.24, 2.45) is 11.7 Å². The summed E-state index contributed by atoms with van der Waals surface area (Å²) >= 11 is 0. The largest absolute Gasteiger partial charge is 0.340 e. The van der Waals surface area contributed by atoms with Gasteiger partial charge in [0.15, 0.2) is 5.82 Å². The van der Waals surface area contributed by atoms with Crippen LogP contribution in [-0.2, 0) is 0 Å². The number of aromatic nitrogens is 2. The van der Waals surface area contributed by atoms with E-state index in [-0.39, 0.29) is 12.4 Å². The summed E-state index contributed by atoms with van der Waals surface area (Å²) in [4.78, 5) is 4.19. The van der Waals surface area contributed by atoms with Crippen LogP contribution < -0.4 is 5.73 Å².